The molecule has 0 spiro atoms. The molecule has 3 nitrogen and oxygen atoms in total. The van der Waals surface area contributed by atoms with Crippen molar-refractivity contribution in [2.24, 2.45) is 11.7 Å². The molecule has 0 aromatic carbocycles. The number of hydrogen-bond donors (Lipinski definition) is 1. The van der Waals surface area contributed by atoms with Crippen LogP contribution in [-0.4, -0.2) is 43.8 Å². The van der Waals surface area contributed by atoms with Gasteiger partial charge in [-0.25, -0.2) is 0 Å². The summed E-state index contributed by atoms with van der Waals surface area (Å²) in [6, 6.07) is 1.06. The van der Waals surface area contributed by atoms with Crippen LogP contribution in [0.3, 0.4) is 0 Å². The quantitative estimate of drug-likeness (QED) is 0.702. The van der Waals surface area contributed by atoms with E-state index in [1.807, 2.05) is 0 Å². The van der Waals surface area contributed by atoms with Crippen molar-refractivity contribution >= 4 is 0 Å². The molecule has 1 rings (SSSR count). The maximum atomic E-state index is 5.77. The predicted molar refractivity (Wildman–Crippen MR) is 54.7 cm³/mol. The van der Waals surface area contributed by atoms with Crippen molar-refractivity contribution in [3.05, 3.63) is 0 Å². The molecule has 3 unspecified atom stereocenters. The van der Waals surface area contributed by atoms with Crippen molar-refractivity contribution in [2.45, 2.75) is 32.4 Å². The van der Waals surface area contributed by atoms with E-state index in [1.165, 1.54) is 13.0 Å². The summed E-state index contributed by atoms with van der Waals surface area (Å²) in [5.74, 6) is 0.740. The number of ether oxygens (including phenoxy) is 1. The lowest BCUT2D eigenvalue weighted by molar-refractivity contribution is 0.0878. The van der Waals surface area contributed by atoms with Crippen molar-refractivity contribution in [2.75, 3.05) is 26.8 Å². The first-order valence-electron chi connectivity index (χ1n) is 5.15. The van der Waals surface area contributed by atoms with Crippen LogP contribution in [0.1, 0.15) is 20.3 Å². The fourth-order valence-electron chi connectivity index (χ4n) is 2.29. The Bertz CT molecular complexity index is 152. The Kier molecular flexibility index (Phi) is 4.16. The number of methoxy groups -OCH3 is 1. The molecule has 78 valence electrons. The first kappa shape index (κ1) is 11.0. The second-order valence-corrected chi connectivity index (χ2v) is 4.11. The molecule has 2 N–H and O–H groups in total. The normalized spacial score (nSPS) is 32.3. The first-order chi connectivity index (χ1) is 6.20. The molecule has 0 aliphatic carbocycles. The van der Waals surface area contributed by atoms with Crippen molar-refractivity contribution in [1.29, 1.82) is 0 Å². The van der Waals surface area contributed by atoms with Crippen LogP contribution in [0.15, 0.2) is 0 Å². The third kappa shape index (κ3) is 2.42. The Morgan fingerprint density at radius 2 is 2.31 bits per heavy atom. The average molecular weight is 186 g/mol. The Hall–Kier alpha value is -0.120. The summed E-state index contributed by atoms with van der Waals surface area (Å²) in [7, 11) is 1.76. The van der Waals surface area contributed by atoms with Gasteiger partial charge in [-0.3, -0.25) is 4.90 Å². The molecule has 0 amide bonds. The van der Waals surface area contributed by atoms with Crippen LogP contribution in [0.4, 0.5) is 0 Å². The van der Waals surface area contributed by atoms with E-state index >= 15 is 0 Å². The minimum Gasteiger partial charge on any atom is -0.383 e. The zero-order chi connectivity index (χ0) is 9.84. The minimum absolute atomic E-state index is 0.503. The lowest BCUT2D eigenvalue weighted by Crippen LogP contribution is -2.45. The van der Waals surface area contributed by atoms with Crippen molar-refractivity contribution < 1.29 is 4.74 Å². The second kappa shape index (κ2) is 4.94. The molecule has 0 saturated carbocycles. The zero-order valence-corrected chi connectivity index (χ0v) is 8.99. The van der Waals surface area contributed by atoms with Gasteiger partial charge in [-0.15, -0.1) is 0 Å². The van der Waals surface area contributed by atoms with Gasteiger partial charge in [0.1, 0.15) is 0 Å². The van der Waals surface area contributed by atoms with Gasteiger partial charge in [0.05, 0.1) is 6.61 Å². The topological polar surface area (TPSA) is 38.5 Å². The summed E-state index contributed by atoms with van der Waals surface area (Å²) in [6.07, 6.45) is 1.27. The monoisotopic (exact) mass is 186 g/mol. The van der Waals surface area contributed by atoms with Gasteiger partial charge in [-0.1, -0.05) is 6.92 Å². The van der Waals surface area contributed by atoms with Crippen LogP contribution >= 0.6 is 0 Å². The molecule has 1 saturated heterocycles. The molecule has 1 aliphatic heterocycles. The molecular weight excluding hydrogens is 164 g/mol. The van der Waals surface area contributed by atoms with Crippen molar-refractivity contribution in [3.8, 4) is 0 Å². The van der Waals surface area contributed by atoms with Crippen LogP contribution in [0.5, 0.6) is 0 Å². The van der Waals surface area contributed by atoms with E-state index in [1.54, 1.807) is 7.11 Å². The SMILES string of the molecule is COCC(C)N1CCC(C)C1CN. The number of nitrogens with zero attached hydrogens (tertiary/aromatic N) is 1. The molecular formula is C10H22N2O. The van der Waals surface area contributed by atoms with Gasteiger partial charge in [0.15, 0.2) is 0 Å². The molecule has 0 aromatic heterocycles. The highest BCUT2D eigenvalue weighted by Crippen LogP contribution is 2.24. The van der Waals surface area contributed by atoms with E-state index in [9.17, 15) is 0 Å². The van der Waals surface area contributed by atoms with Crippen molar-refractivity contribution in [1.82, 2.24) is 4.90 Å². The number of nitrogens with two attached hydrogens (primary N) is 1. The highest BCUT2D eigenvalue weighted by Gasteiger charge is 2.32. The molecule has 3 heteroatoms. The molecule has 1 aliphatic rings. The van der Waals surface area contributed by atoms with Crippen LogP contribution in [0.2, 0.25) is 0 Å². The fraction of sp³-hybridized carbons (Fsp3) is 1.00. The third-order valence-corrected chi connectivity index (χ3v) is 3.14. The van der Waals surface area contributed by atoms with Crippen LogP contribution in [0, 0.1) is 5.92 Å². The summed E-state index contributed by atoms with van der Waals surface area (Å²) in [4.78, 5) is 2.48. The van der Waals surface area contributed by atoms with E-state index in [-0.39, 0.29) is 0 Å². The lowest BCUT2D eigenvalue weighted by Gasteiger charge is -2.30. The summed E-state index contributed by atoms with van der Waals surface area (Å²) >= 11 is 0. The molecule has 0 bridgehead atoms. The van der Waals surface area contributed by atoms with Gasteiger partial charge < -0.3 is 10.5 Å². The van der Waals surface area contributed by atoms with Gasteiger partial charge in [0.25, 0.3) is 0 Å². The first-order valence-corrected chi connectivity index (χ1v) is 5.15. The van der Waals surface area contributed by atoms with Gasteiger partial charge in [0.2, 0.25) is 0 Å². The van der Waals surface area contributed by atoms with Gasteiger partial charge in [0, 0.05) is 25.7 Å². The third-order valence-electron chi connectivity index (χ3n) is 3.14. The maximum Gasteiger partial charge on any atom is 0.0615 e. The number of rotatable bonds is 4. The molecule has 3 atom stereocenters. The highest BCUT2D eigenvalue weighted by atomic mass is 16.5. The van der Waals surface area contributed by atoms with E-state index in [0.717, 1.165) is 19.1 Å². The second-order valence-electron chi connectivity index (χ2n) is 4.11. The van der Waals surface area contributed by atoms with Crippen LogP contribution < -0.4 is 5.73 Å². The van der Waals surface area contributed by atoms with E-state index in [4.69, 9.17) is 10.5 Å². The van der Waals surface area contributed by atoms with E-state index in [0.29, 0.717) is 12.1 Å². The Morgan fingerprint density at radius 3 is 2.85 bits per heavy atom. The van der Waals surface area contributed by atoms with Gasteiger partial charge >= 0.3 is 0 Å². The van der Waals surface area contributed by atoms with E-state index < -0.39 is 0 Å². The highest BCUT2D eigenvalue weighted by molar-refractivity contribution is 4.88. The Morgan fingerprint density at radius 1 is 1.62 bits per heavy atom. The molecule has 0 aromatic rings. The average Bonchev–Trinajstić information content (AvgIpc) is 2.47. The molecule has 1 fully saturated rings. The summed E-state index contributed by atoms with van der Waals surface area (Å²) < 4.78 is 5.16. The molecule has 1 heterocycles. The largest absolute Gasteiger partial charge is 0.383 e. The Balaban J connectivity index is 2.48. The lowest BCUT2D eigenvalue weighted by atomic mass is 10.0. The number of likely N-dealkylation sites (tertiary alicyclic amines) is 1. The minimum atomic E-state index is 0.503. The van der Waals surface area contributed by atoms with E-state index in [2.05, 4.69) is 18.7 Å². The smallest absolute Gasteiger partial charge is 0.0615 e. The number of hydrogen-bond acceptors (Lipinski definition) is 3. The summed E-state index contributed by atoms with van der Waals surface area (Å²) in [5, 5.41) is 0. The Labute approximate surface area is 81.2 Å². The van der Waals surface area contributed by atoms with Gasteiger partial charge in [-0.2, -0.15) is 0 Å². The zero-order valence-electron chi connectivity index (χ0n) is 8.99. The van der Waals surface area contributed by atoms with Crippen LogP contribution in [-0.2, 0) is 4.74 Å². The fourth-order valence-corrected chi connectivity index (χ4v) is 2.29. The van der Waals surface area contributed by atoms with Crippen molar-refractivity contribution in [3.63, 3.8) is 0 Å². The standard InChI is InChI=1S/C10H22N2O/c1-8-4-5-12(10(8)6-11)9(2)7-13-3/h8-10H,4-7,11H2,1-3H3. The van der Waals surface area contributed by atoms with Gasteiger partial charge in [-0.05, 0) is 25.8 Å². The summed E-state index contributed by atoms with van der Waals surface area (Å²) in [6.45, 7) is 7.26. The summed E-state index contributed by atoms with van der Waals surface area (Å²) in [5.41, 5.74) is 5.77. The maximum absolute atomic E-state index is 5.77. The predicted octanol–water partition coefficient (Wildman–Crippen LogP) is 0.690. The molecule has 13 heavy (non-hydrogen) atoms. The van der Waals surface area contributed by atoms with Crippen LogP contribution in [0.25, 0.3) is 0 Å². The molecule has 0 radical (unpaired) electrons.